The Labute approximate surface area is 114 Å². The monoisotopic (exact) mass is 262 g/mol. The Morgan fingerprint density at radius 3 is 2.68 bits per heavy atom. The van der Waals surface area contributed by atoms with E-state index >= 15 is 0 Å². The molecule has 0 radical (unpaired) electrons. The number of rotatable bonds is 3. The summed E-state index contributed by atoms with van der Waals surface area (Å²) >= 11 is 0. The highest BCUT2D eigenvalue weighted by atomic mass is 16.5. The summed E-state index contributed by atoms with van der Waals surface area (Å²) in [6.45, 7) is 4.57. The van der Waals surface area contributed by atoms with Gasteiger partial charge in [-0.3, -0.25) is 0 Å². The first-order valence-electron chi connectivity index (χ1n) is 6.97. The van der Waals surface area contributed by atoms with Crippen LogP contribution in [0.25, 0.3) is 0 Å². The third-order valence-electron chi connectivity index (χ3n) is 4.44. The van der Waals surface area contributed by atoms with Crippen LogP contribution in [-0.4, -0.2) is 33.4 Å². The molecule has 0 atom stereocenters. The lowest BCUT2D eigenvalue weighted by Gasteiger charge is -2.53. The number of benzene rings is 1. The lowest BCUT2D eigenvalue weighted by Crippen LogP contribution is -2.59. The van der Waals surface area contributed by atoms with Crippen LogP contribution in [0, 0.1) is 5.41 Å². The molecule has 2 saturated heterocycles. The molecule has 0 bridgehead atoms. The van der Waals surface area contributed by atoms with Crippen molar-refractivity contribution >= 4 is 5.69 Å². The Kier molecular flexibility index (Phi) is 3.37. The highest BCUT2D eigenvalue weighted by Crippen LogP contribution is 2.45. The zero-order chi connectivity index (χ0) is 13.3. The third kappa shape index (κ3) is 2.19. The number of methoxy groups -OCH3 is 1. The van der Waals surface area contributed by atoms with Gasteiger partial charge in [0.2, 0.25) is 0 Å². The molecule has 0 saturated carbocycles. The van der Waals surface area contributed by atoms with Gasteiger partial charge in [-0.05, 0) is 24.5 Å². The Morgan fingerprint density at radius 2 is 2.05 bits per heavy atom. The maximum absolute atomic E-state index is 5.86. The Bertz CT molecular complexity index is 425. The molecule has 2 fully saturated rings. The molecule has 4 heteroatoms. The van der Waals surface area contributed by atoms with Gasteiger partial charge in [0.15, 0.2) is 0 Å². The van der Waals surface area contributed by atoms with Crippen molar-refractivity contribution in [1.29, 1.82) is 0 Å². The lowest BCUT2D eigenvalue weighted by atomic mass is 9.73. The lowest BCUT2D eigenvalue weighted by molar-refractivity contribution is -0.000363. The molecule has 104 valence electrons. The molecule has 1 aromatic rings. The van der Waals surface area contributed by atoms with Crippen LogP contribution in [0.1, 0.15) is 18.4 Å². The summed E-state index contributed by atoms with van der Waals surface area (Å²) < 4.78 is 11.0. The second kappa shape index (κ2) is 5.02. The summed E-state index contributed by atoms with van der Waals surface area (Å²) in [6.07, 6.45) is 2.35. The Morgan fingerprint density at radius 1 is 1.32 bits per heavy atom. The fraction of sp³-hybridized carbons (Fsp3) is 0.600. The van der Waals surface area contributed by atoms with Crippen molar-refractivity contribution in [3.8, 4) is 5.75 Å². The van der Waals surface area contributed by atoms with Gasteiger partial charge in [0.05, 0.1) is 12.8 Å². The van der Waals surface area contributed by atoms with E-state index in [1.807, 2.05) is 12.1 Å². The normalized spacial score (nSPS) is 21.3. The van der Waals surface area contributed by atoms with E-state index in [0.717, 1.165) is 32.1 Å². The highest BCUT2D eigenvalue weighted by Gasteiger charge is 2.45. The molecule has 19 heavy (non-hydrogen) atoms. The molecule has 1 spiro atoms. The van der Waals surface area contributed by atoms with Crippen LogP contribution in [0.5, 0.6) is 5.75 Å². The van der Waals surface area contributed by atoms with E-state index in [9.17, 15) is 0 Å². The van der Waals surface area contributed by atoms with Gasteiger partial charge in [-0.15, -0.1) is 0 Å². The van der Waals surface area contributed by atoms with Gasteiger partial charge in [-0.25, -0.2) is 0 Å². The van der Waals surface area contributed by atoms with Crippen LogP contribution in [0.4, 0.5) is 5.69 Å². The van der Waals surface area contributed by atoms with E-state index in [-0.39, 0.29) is 0 Å². The number of anilines is 1. The quantitative estimate of drug-likeness (QED) is 0.902. The predicted molar refractivity (Wildman–Crippen MR) is 75.6 cm³/mol. The summed E-state index contributed by atoms with van der Waals surface area (Å²) in [6, 6.07) is 6.12. The Balaban J connectivity index is 1.80. The maximum atomic E-state index is 5.86. The summed E-state index contributed by atoms with van der Waals surface area (Å²) in [7, 11) is 1.73. The van der Waals surface area contributed by atoms with E-state index in [4.69, 9.17) is 15.2 Å². The fourth-order valence-electron chi connectivity index (χ4n) is 3.30. The number of nitrogens with zero attached hydrogens (tertiary/aromatic N) is 1. The second-order valence-electron chi connectivity index (χ2n) is 5.64. The van der Waals surface area contributed by atoms with Gasteiger partial charge >= 0.3 is 0 Å². The predicted octanol–water partition coefficient (Wildman–Crippen LogP) is 1.77. The molecule has 1 aromatic carbocycles. The average Bonchev–Trinajstić information content (AvgIpc) is 2.44. The summed E-state index contributed by atoms with van der Waals surface area (Å²) in [5.74, 6) is 0.935. The van der Waals surface area contributed by atoms with E-state index in [1.165, 1.54) is 24.1 Å². The summed E-state index contributed by atoms with van der Waals surface area (Å²) in [4.78, 5) is 2.41. The topological polar surface area (TPSA) is 47.7 Å². The van der Waals surface area contributed by atoms with Crippen LogP contribution in [-0.2, 0) is 11.3 Å². The standard InChI is InChI=1S/C15H22N2O2/c1-18-13-4-2-3-12(9-16)14(13)17-10-15(11-17)5-7-19-8-6-15/h2-4H,5-11,16H2,1H3. The largest absolute Gasteiger partial charge is 0.495 e. The first-order valence-corrected chi connectivity index (χ1v) is 6.97. The molecule has 2 heterocycles. The van der Waals surface area contributed by atoms with E-state index in [1.54, 1.807) is 7.11 Å². The van der Waals surface area contributed by atoms with Crippen molar-refractivity contribution in [2.75, 3.05) is 38.3 Å². The molecular weight excluding hydrogens is 240 g/mol. The van der Waals surface area contributed by atoms with E-state index < -0.39 is 0 Å². The maximum Gasteiger partial charge on any atom is 0.142 e. The van der Waals surface area contributed by atoms with Gasteiger partial charge in [0.25, 0.3) is 0 Å². The van der Waals surface area contributed by atoms with Gasteiger partial charge in [0.1, 0.15) is 5.75 Å². The van der Waals surface area contributed by atoms with Crippen molar-refractivity contribution in [3.05, 3.63) is 23.8 Å². The number of para-hydroxylation sites is 1. The van der Waals surface area contributed by atoms with Crippen LogP contribution in [0.2, 0.25) is 0 Å². The summed E-state index contributed by atoms with van der Waals surface area (Å²) in [5, 5.41) is 0. The summed E-state index contributed by atoms with van der Waals surface area (Å²) in [5.41, 5.74) is 8.67. The average molecular weight is 262 g/mol. The van der Waals surface area contributed by atoms with Crippen LogP contribution in [0.15, 0.2) is 18.2 Å². The van der Waals surface area contributed by atoms with Crippen LogP contribution in [0.3, 0.4) is 0 Å². The minimum Gasteiger partial charge on any atom is -0.495 e. The fourth-order valence-corrected chi connectivity index (χ4v) is 3.30. The minimum absolute atomic E-state index is 0.463. The molecule has 4 nitrogen and oxygen atoms in total. The SMILES string of the molecule is COc1cccc(CN)c1N1CC2(CCOCC2)C1. The molecule has 3 rings (SSSR count). The zero-order valence-corrected chi connectivity index (χ0v) is 11.5. The van der Waals surface area contributed by atoms with Gasteiger partial charge in [-0.1, -0.05) is 12.1 Å². The molecule has 2 aliphatic heterocycles. The molecular formula is C15H22N2O2. The van der Waals surface area contributed by atoms with E-state index in [2.05, 4.69) is 11.0 Å². The molecule has 2 N–H and O–H groups in total. The van der Waals surface area contributed by atoms with Crippen molar-refractivity contribution in [3.63, 3.8) is 0 Å². The van der Waals surface area contributed by atoms with Crippen LogP contribution >= 0.6 is 0 Å². The second-order valence-corrected chi connectivity index (χ2v) is 5.64. The smallest absolute Gasteiger partial charge is 0.142 e. The number of hydrogen-bond acceptors (Lipinski definition) is 4. The van der Waals surface area contributed by atoms with Crippen molar-refractivity contribution < 1.29 is 9.47 Å². The Hall–Kier alpha value is -1.26. The van der Waals surface area contributed by atoms with Crippen molar-refractivity contribution in [2.24, 2.45) is 11.1 Å². The van der Waals surface area contributed by atoms with Crippen LogP contribution < -0.4 is 15.4 Å². The number of ether oxygens (including phenoxy) is 2. The molecule has 2 aliphatic rings. The molecule has 0 aliphatic carbocycles. The van der Waals surface area contributed by atoms with Gasteiger partial charge < -0.3 is 20.1 Å². The first-order chi connectivity index (χ1) is 9.28. The van der Waals surface area contributed by atoms with Crippen molar-refractivity contribution in [2.45, 2.75) is 19.4 Å². The third-order valence-corrected chi connectivity index (χ3v) is 4.44. The first kappa shape index (κ1) is 12.8. The van der Waals surface area contributed by atoms with Gasteiger partial charge in [-0.2, -0.15) is 0 Å². The van der Waals surface area contributed by atoms with Crippen molar-refractivity contribution in [1.82, 2.24) is 0 Å². The molecule has 0 amide bonds. The number of hydrogen-bond donors (Lipinski definition) is 1. The van der Waals surface area contributed by atoms with E-state index in [0.29, 0.717) is 12.0 Å². The molecule has 0 unspecified atom stereocenters. The molecule has 0 aromatic heterocycles. The number of nitrogens with two attached hydrogens (primary N) is 1. The zero-order valence-electron chi connectivity index (χ0n) is 11.5. The highest BCUT2D eigenvalue weighted by molar-refractivity contribution is 5.65. The minimum atomic E-state index is 0.463. The van der Waals surface area contributed by atoms with Gasteiger partial charge in [0, 0.05) is 38.3 Å².